The summed E-state index contributed by atoms with van der Waals surface area (Å²) in [5, 5.41) is 3.42. The van der Waals surface area contributed by atoms with Gasteiger partial charge in [-0.3, -0.25) is 18.7 Å². The summed E-state index contributed by atoms with van der Waals surface area (Å²) in [5.74, 6) is 0.0271. The number of rotatable bonds is 7. The van der Waals surface area contributed by atoms with Crippen LogP contribution in [0, 0.1) is 6.92 Å². The number of benzene rings is 1. The Morgan fingerprint density at radius 2 is 1.97 bits per heavy atom. The maximum absolute atomic E-state index is 13.0. The molecule has 3 heterocycles. The minimum atomic E-state index is -0.437. The summed E-state index contributed by atoms with van der Waals surface area (Å²) in [6.07, 6.45) is 2.05. The van der Waals surface area contributed by atoms with Gasteiger partial charge in [0.1, 0.15) is 0 Å². The average molecular weight is 458 g/mol. The molecule has 1 aromatic carbocycles. The maximum atomic E-state index is 13.0. The lowest BCUT2D eigenvalue weighted by atomic mass is 10.1. The number of amides is 1. The van der Waals surface area contributed by atoms with E-state index in [1.54, 1.807) is 11.6 Å². The summed E-state index contributed by atoms with van der Waals surface area (Å²) in [6, 6.07) is 8.01. The van der Waals surface area contributed by atoms with E-state index in [4.69, 9.17) is 4.74 Å². The smallest absolute Gasteiger partial charge is 0.332 e. The fraction of sp³-hybridized carbons (Fsp3) is 0.455. The fourth-order valence-electron chi connectivity index (χ4n) is 3.77. The van der Waals surface area contributed by atoms with Crippen molar-refractivity contribution in [2.45, 2.75) is 37.6 Å². The summed E-state index contributed by atoms with van der Waals surface area (Å²) >= 11 is 1.25. The lowest BCUT2D eigenvalue weighted by Crippen LogP contribution is -2.37. The highest BCUT2D eigenvalue weighted by molar-refractivity contribution is 7.99. The molecule has 1 aliphatic heterocycles. The van der Waals surface area contributed by atoms with Crippen molar-refractivity contribution in [1.82, 2.24) is 24.0 Å². The first-order valence-corrected chi connectivity index (χ1v) is 11.6. The average Bonchev–Trinajstić information content (AvgIpc) is 3.43. The highest BCUT2D eigenvalue weighted by Gasteiger charge is 2.21. The standard InChI is InChI=1S/C22H27N5O4S/c1-14-6-8-15(9-7-14)12-27-18-19(25(2)22(30)26(3)20(18)29)24-21(27)32-13-17(28)23-11-16-5-4-10-31-16/h6-9,16H,4-5,10-13H2,1-3H3,(H,23,28)/t16-/m1/s1. The van der Waals surface area contributed by atoms with Crippen molar-refractivity contribution < 1.29 is 9.53 Å². The number of nitrogens with one attached hydrogen (secondary N) is 1. The molecule has 0 radical (unpaired) electrons. The molecule has 9 nitrogen and oxygen atoms in total. The Bertz CT molecular complexity index is 1250. The van der Waals surface area contributed by atoms with Gasteiger partial charge in [0.05, 0.1) is 18.4 Å². The van der Waals surface area contributed by atoms with Gasteiger partial charge in [0.25, 0.3) is 5.56 Å². The van der Waals surface area contributed by atoms with E-state index in [0.717, 1.165) is 35.1 Å². The van der Waals surface area contributed by atoms with Gasteiger partial charge in [0, 0.05) is 27.2 Å². The van der Waals surface area contributed by atoms with Crippen LogP contribution in [0.4, 0.5) is 0 Å². The first kappa shape index (κ1) is 22.3. The molecule has 0 spiro atoms. The Morgan fingerprint density at radius 1 is 1.22 bits per heavy atom. The third-order valence-electron chi connectivity index (χ3n) is 5.66. The molecular formula is C22H27N5O4S. The van der Waals surface area contributed by atoms with Crippen molar-refractivity contribution in [1.29, 1.82) is 0 Å². The third-order valence-corrected chi connectivity index (χ3v) is 6.63. The quantitative estimate of drug-likeness (QED) is 0.535. The van der Waals surface area contributed by atoms with Gasteiger partial charge in [0.2, 0.25) is 5.91 Å². The number of fused-ring (bicyclic) bond motifs is 1. The van der Waals surface area contributed by atoms with Crippen LogP contribution < -0.4 is 16.6 Å². The second-order valence-electron chi connectivity index (χ2n) is 8.07. The summed E-state index contributed by atoms with van der Waals surface area (Å²) in [6.45, 7) is 3.66. The second-order valence-corrected chi connectivity index (χ2v) is 9.01. The van der Waals surface area contributed by atoms with Crippen molar-refractivity contribution in [2.24, 2.45) is 14.1 Å². The van der Waals surface area contributed by atoms with E-state index in [1.165, 1.54) is 23.4 Å². The molecule has 1 saturated heterocycles. The number of aromatic nitrogens is 4. The zero-order valence-electron chi connectivity index (χ0n) is 18.5. The summed E-state index contributed by atoms with van der Waals surface area (Å²) in [7, 11) is 3.05. The van der Waals surface area contributed by atoms with Gasteiger partial charge in [0.15, 0.2) is 16.3 Å². The Hall–Kier alpha value is -2.85. The number of hydrogen-bond acceptors (Lipinski definition) is 6. The molecule has 32 heavy (non-hydrogen) atoms. The van der Waals surface area contributed by atoms with Crippen molar-refractivity contribution in [3.05, 3.63) is 56.2 Å². The minimum absolute atomic E-state index is 0.0765. The van der Waals surface area contributed by atoms with Gasteiger partial charge >= 0.3 is 5.69 Å². The first-order valence-electron chi connectivity index (χ1n) is 10.6. The maximum Gasteiger partial charge on any atom is 0.332 e. The molecule has 4 rings (SSSR count). The molecule has 3 aromatic rings. The highest BCUT2D eigenvalue weighted by Crippen LogP contribution is 2.23. The van der Waals surface area contributed by atoms with Crippen LogP contribution in [-0.2, 0) is 30.2 Å². The highest BCUT2D eigenvalue weighted by atomic mass is 32.2. The molecule has 0 unspecified atom stereocenters. The molecule has 1 amide bonds. The van der Waals surface area contributed by atoms with Crippen LogP contribution >= 0.6 is 11.8 Å². The van der Waals surface area contributed by atoms with E-state index < -0.39 is 11.2 Å². The number of imidazole rings is 1. The zero-order valence-corrected chi connectivity index (χ0v) is 19.3. The monoisotopic (exact) mass is 457 g/mol. The van der Waals surface area contributed by atoms with Crippen LogP contribution in [0.3, 0.4) is 0 Å². The molecule has 0 aliphatic carbocycles. The van der Waals surface area contributed by atoms with E-state index in [0.29, 0.717) is 29.4 Å². The van der Waals surface area contributed by atoms with Crippen LogP contribution in [0.2, 0.25) is 0 Å². The van der Waals surface area contributed by atoms with Gasteiger partial charge in [-0.15, -0.1) is 0 Å². The predicted molar refractivity (Wildman–Crippen MR) is 123 cm³/mol. The van der Waals surface area contributed by atoms with E-state index in [2.05, 4.69) is 10.3 Å². The number of aryl methyl sites for hydroxylation is 2. The zero-order chi connectivity index (χ0) is 22.8. The van der Waals surface area contributed by atoms with Crippen molar-refractivity contribution in [2.75, 3.05) is 18.9 Å². The van der Waals surface area contributed by atoms with Crippen molar-refractivity contribution in [3.8, 4) is 0 Å². The van der Waals surface area contributed by atoms with Crippen LogP contribution in [0.15, 0.2) is 39.0 Å². The number of hydrogen-bond donors (Lipinski definition) is 1. The molecule has 1 atom stereocenters. The van der Waals surface area contributed by atoms with Crippen LogP contribution in [0.25, 0.3) is 11.2 Å². The first-order chi connectivity index (χ1) is 15.3. The lowest BCUT2D eigenvalue weighted by Gasteiger charge is -2.11. The normalized spacial score (nSPS) is 16.0. The third kappa shape index (κ3) is 4.51. The molecule has 2 aromatic heterocycles. The van der Waals surface area contributed by atoms with E-state index >= 15 is 0 Å². The number of ether oxygens (including phenoxy) is 1. The number of thioether (sulfide) groups is 1. The van der Waals surface area contributed by atoms with E-state index in [-0.39, 0.29) is 17.8 Å². The topological polar surface area (TPSA) is 100 Å². The van der Waals surface area contributed by atoms with Crippen LogP contribution in [0.5, 0.6) is 0 Å². The Kier molecular flexibility index (Phi) is 6.52. The number of carbonyl (C=O) groups excluding carboxylic acids is 1. The van der Waals surface area contributed by atoms with Crippen molar-refractivity contribution >= 4 is 28.8 Å². The molecule has 1 N–H and O–H groups in total. The van der Waals surface area contributed by atoms with Gasteiger partial charge in [-0.2, -0.15) is 0 Å². The molecular weight excluding hydrogens is 430 g/mol. The second kappa shape index (κ2) is 9.33. The molecule has 170 valence electrons. The predicted octanol–water partition coefficient (Wildman–Crippen LogP) is 1.18. The Morgan fingerprint density at radius 3 is 2.66 bits per heavy atom. The molecule has 1 fully saturated rings. The van der Waals surface area contributed by atoms with Crippen LogP contribution in [0.1, 0.15) is 24.0 Å². The molecule has 10 heteroatoms. The largest absolute Gasteiger partial charge is 0.376 e. The number of nitrogens with zero attached hydrogens (tertiary/aromatic N) is 4. The van der Waals surface area contributed by atoms with Gasteiger partial charge in [-0.25, -0.2) is 9.78 Å². The molecule has 1 aliphatic rings. The van der Waals surface area contributed by atoms with Gasteiger partial charge in [-0.05, 0) is 25.3 Å². The number of carbonyl (C=O) groups is 1. The Labute approximate surface area is 189 Å². The minimum Gasteiger partial charge on any atom is -0.376 e. The van der Waals surface area contributed by atoms with Gasteiger partial charge < -0.3 is 14.6 Å². The molecule has 0 bridgehead atoms. The Balaban J connectivity index is 1.64. The summed E-state index contributed by atoms with van der Waals surface area (Å²) in [4.78, 5) is 42.3. The molecule has 0 saturated carbocycles. The van der Waals surface area contributed by atoms with Crippen LogP contribution in [-0.4, -0.2) is 49.6 Å². The van der Waals surface area contributed by atoms with Crippen molar-refractivity contribution in [3.63, 3.8) is 0 Å². The van der Waals surface area contributed by atoms with E-state index in [9.17, 15) is 14.4 Å². The SMILES string of the molecule is Cc1ccc(Cn2c(SCC(=O)NC[C@H]3CCCO3)nc3c2c(=O)n(C)c(=O)n3C)cc1. The lowest BCUT2D eigenvalue weighted by molar-refractivity contribution is -0.119. The van der Waals surface area contributed by atoms with E-state index in [1.807, 2.05) is 31.2 Å². The fourth-order valence-corrected chi connectivity index (χ4v) is 4.60. The summed E-state index contributed by atoms with van der Waals surface area (Å²) < 4.78 is 9.78. The summed E-state index contributed by atoms with van der Waals surface area (Å²) in [5.41, 5.74) is 1.95. The van der Waals surface area contributed by atoms with Gasteiger partial charge in [-0.1, -0.05) is 41.6 Å².